The van der Waals surface area contributed by atoms with Crippen LogP contribution < -0.4 is 10.6 Å². The molecule has 0 radical (unpaired) electrons. The Bertz CT molecular complexity index is 215. The minimum atomic E-state index is -0.257. The molecule has 4 heteroatoms. The van der Waals surface area contributed by atoms with Crippen LogP contribution in [0.25, 0.3) is 0 Å². The van der Waals surface area contributed by atoms with Gasteiger partial charge in [0.1, 0.15) is 6.10 Å². The highest BCUT2D eigenvalue weighted by Crippen LogP contribution is 2.22. The fraction of sp³-hybridized carbons (Fsp3) is 0.923. The van der Waals surface area contributed by atoms with Crippen LogP contribution in [0.2, 0.25) is 0 Å². The number of ether oxygens (including phenoxy) is 1. The molecule has 100 valence electrons. The molecule has 0 aromatic heterocycles. The van der Waals surface area contributed by atoms with Gasteiger partial charge in [-0.3, -0.25) is 4.79 Å². The second-order valence-corrected chi connectivity index (χ2v) is 4.69. The Morgan fingerprint density at radius 3 is 2.65 bits per heavy atom. The first-order valence-electron chi connectivity index (χ1n) is 6.85. The van der Waals surface area contributed by atoms with Crippen LogP contribution in [-0.2, 0) is 9.53 Å². The molecule has 0 bridgehead atoms. The first kappa shape index (κ1) is 14.5. The Morgan fingerprint density at radius 1 is 1.35 bits per heavy atom. The molecule has 0 aromatic carbocycles. The predicted molar refractivity (Wildman–Crippen MR) is 69.0 cm³/mol. The SMILES string of the molecule is CCC(OC1CCCC1)C(=O)NCCCNC. The Labute approximate surface area is 104 Å². The van der Waals surface area contributed by atoms with Crippen molar-refractivity contribution in [3.05, 3.63) is 0 Å². The summed E-state index contributed by atoms with van der Waals surface area (Å²) in [5, 5.41) is 6.00. The van der Waals surface area contributed by atoms with E-state index in [0.717, 1.165) is 38.8 Å². The van der Waals surface area contributed by atoms with Crippen LogP contribution in [0.5, 0.6) is 0 Å². The van der Waals surface area contributed by atoms with E-state index < -0.39 is 0 Å². The summed E-state index contributed by atoms with van der Waals surface area (Å²) in [7, 11) is 1.92. The topological polar surface area (TPSA) is 50.4 Å². The first-order chi connectivity index (χ1) is 8.27. The lowest BCUT2D eigenvalue weighted by atomic mass is 10.2. The number of nitrogens with one attached hydrogen (secondary N) is 2. The van der Waals surface area contributed by atoms with Gasteiger partial charge in [-0.2, -0.15) is 0 Å². The maximum Gasteiger partial charge on any atom is 0.249 e. The Hall–Kier alpha value is -0.610. The lowest BCUT2D eigenvalue weighted by Crippen LogP contribution is -2.38. The van der Waals surface area contributed by atoms with E-state index >= 15 is 0 Å². The summed E-state index contributed by atoms with van der Waals surface area (Å²) < 4.78 is 5.85. The van der Waals surface area contributed by atoms with Crippen molar-refractivity contribution in [3.63, 3.8) is 0 Å². The van der Waals surface area contributed by atoms with Crippen LogP contribution in [0.4, 0.5) is 0 Å². The standard InChI is InChI=1S/C13H26N2O2/c1-3-12(17-11-7-4-5-8-11)13(16)15-10-6-9-14-2/h11-12,14H,3-10H2,1-2H3,(H,15,16). The van der Waals surface area contributed by atoms with Gasteiger partial charge in [0, 0.05) is 6.54 Å². The molecular weight excluding hydrogens is 216 g/mol. The number of rotatable bonds is 8. The van der Waals surface area contributed by atoms with Gasteiger partial charge in [0.2, 0.25) is 5.91 Å². The van der Waals surface area contributed by atoms with Crippen molar-refractivity contribution in [2.45, 2.75) is 57.7 Å². The summed E-state index contributed by atoms with van der Waals surface area (Å²) in [5.74, 6) is 0.0514. The van der Waals surface area contributed by atoms with Gasteiger partial charge in [-0.05, 0) is 39.3 Å². The fourth-order valence-electron chi connectivity index (χ4n) is 2.19. The largest absolute Gasteiger partial charge is 0.365 e. The van der Waals surface area contributed by atoms with Gasteiger partial charge in [0.15, 0.2) is 0 Å². The third-order valence-electron chi connectivity index (χ3n) is 3.22. The third-order valence-corrected chi connectivity index (χ3v) is 3.22. The summed E-state index contributed by atoms with van der Waals surface area (Å²) in [5.41, 5.74) is 0. The van der Waals surface area contributed by atoms with Gasteiger partial charge in [-0.1, -0.05) is 19.8 Å². The molecule has 1 amide bonds. The molecule has 4 nitrogen and oxygen atoms in total. The van der Waals surface area contributed by atoms with Crippen LogP contribution in [0.3, 0.4) is 0 Å². The van der Waals surface area contributed by atoms with Crippen molar-refractivity contribution in [1.82, 2.24) is 10.6 Å². The van der Waals surface area contributed by atoms with Crippen LogP contribution in [0, 0.1) is 0 Å². The van der Waals surface area contributed by atoms with E-state index in [2.05, 4.69) is 10.6 Å². The molecular formula is C13H26N2O2. The average Bonchev–Trinajstić information content (AvgIpc) is 2.84. The van der Waals surface area contributed by atoms with E-state index in [-0.39, 0.29) is 12.0 Å². The summed E-state index contributed by atoms with van der Waals surface area (Å²) in [6.07, 6.45) is 6.48. The Morgan fingerprint density at radius 2 is 2.06 bits per heavy atom. The van der Waals surface area contributed by atoms with Crippen molar-refractivity contribution in [2.24, 2.45) is 0 Å². The van der Waals surface area contributed by atoms with Gasteiger partial charge in [-0.25, -0.2) is 0 Å². The molecule has 1 unspecified atom stereocenters. The molecule has 17 heavy (non-hydrogen) atoms. The van der Waals surface area contributed by atoms with Crippen LogP contribution in [-0.4, -0.2) is 38.3 Å². The Balaban J connectivity index is 2.20. The van der Waals surface area contributed by atoms with Crippen molar-refractivity contribution in [1.29, 1.82) is 0 Å². The third kappa shape index (κ3) is 5.50. The summed E-state index contributed by atoms with van der Waals surface area (Å²) in [4.78, 5) is 11.9. The minimum absolute atomic E-state index is 0.0514. The van der Waals surface area contributed by atoms with E-state index in [1.807, 2.05) is 14.0 Å². The zero-order valence-electron chi connectivity index (χ0n) is 11.1. The van der Waals surface area contributed by atoms with Gasteiger partial charge in [-0.15, -0.1) is 0 Å². The molecule has 0 saturated heterocycles. The highest BCUT2D eigenvalue weighted by molar-refractivity contribution is 5.80. The summed E-state index contributed by atoms with van der Waals surface area (Å²) in [6.45, 7) is 3.66. The molecule has 1 saturated carbocycles. The highest BCUT2D eigenvalue weighted by Gasteiger charge is 2.23. The maximum atomic E-state index is 11.9. The van der Waals surface area contributed by atoms with Crippen LogP contribution >= 0.6 is 0 Å². The molecule has 1 aliphatic rings. The maximum absolute atomic E-state index is 11.9. The predicted octanol–water partition coefficient (Wildman–Crippen LogP) is 1.45. The number of carbonyl (C=O) groups is 1. The smallest absolute Gasteiger partial charge is 0.249 e. The number of amides is 1. The molecule has 0 spiro atoms. The molecule has 1 aliphatic carbocycles. The molecule has 1 rings (SSSR count). The minimum Gasteiger partial charge on any atom is -0.365 e. The second kappa shape index (κ2) is 8.48. The van der Waals surface area contributed by atoms with Crippen molar-refractivity contribution >= 4 is 5.91 Å². The lowest BCUT2D eigenvalue weighted by molar-refractivity contribution is -0.136. The van der Waals surface area contributed by atoms with Gasteiger partial charge in [0.25, 0.3) is 0 Å². The molecule has 0 aliphatic heterocycles. The zero-order valence-corrected chi connectivity index (χ0v) is 11.1. The van der Waals surface area contributed by atoms with Crippen molar-refractivity contribution < 1.29 is 9.53 Å². The lowest BCUT2D eigenvalue weighted by Gasteiger charge is -2.20. The van der Waals surface area contributed by atoms with E-state index in [1.165, 1.54) is 12.8 Å². The molecule has 1 atom stereocenters. The van der Waals surface area contributed by atoms with Crippen molar-refractivity contribution in [2.75, 3.05) is 20.1 Å². The summed E-state index contributed by atoms with van der Waals surface area (Å²) in [6, 6.07) is 0. The van der Waals surface area contributed by atoms with Crippen molar-refractivity contribution in [3.8, 4) is 0 Å². The quantitative estimate of drug-likeness (QED) is 0.633. The van der Waals surface area contributed by atoms with E-state index in [0.29, 0.717) is 6.10 Å². The van der Waals surface area contributed by atoms with Crippen LogP contribution in [0.1, 0.15) is 45.4 Å². The second-order valence-electron chi connectivity index (χ2n) is 4.69. The van der Waals surface area contributed by atoms with E-state index in [1.54, 1.807) is 0 Å². The van der Waals surface area contributed by atoms with E-state index in [4.69, 9.17) is 4.74 Å². The van der Waals surface area contributed by atoms with E-state index in [9.17, 15) is 4.79 Å². The van der Waals surface area contributed by atoms with Gasteiger partial charge < -0.3 is 15.4 Å². The van der Waals surface area contributed by atoms with Gasteiger partial charge >= 0.3 is 0 Å². The summed E-state index contributed by atoms with van der Waals surface area (Å²) >= 11 is 0. The molecule has 0 heterocycles. The molecule has 0 aromatic rings. The fourth-order valence-corrected chi connectivity index (χ4v) is 2.19. The average molecular weight is 242 g/mol. The normalized spacial score (nSPS) is 18.2. The number of hydrogen-bond acceptors (Lipinski definition) is 3. The highest BCUT2D eigenvalue weighted by atomic mass is 16.5. The monoisotopic (exact) mass is 242 g/mol. The number of hydrogen-bond donors (Lipinski definition) is 2. The van der Waals surface area contributed by atoms with Gasteiger partial charge in [0.05, 0.1) is 6.10 Å². The first-order valence-corrected chi connectivity index (χ1v) is 6.85. The van der Waals surface area contributed by atoms with Crippen LogP contribution in [0.15, 0.2) is 0 Å². The Kier molecular flexibility index (Phi) is 7.21. The molecule has 2 N–H and O–H groups in total. The number of carbonyl (C=O) groups excluding carboxylic acids is 1. The molecule has 1 fully saturated rings. The zero-order chi connectivity index (χ0) is 12.5.